The van der Waals surface area contributed by atoms with Crippen molar-refractivity contribution in [2.24, 2.45) is 11.7 Å². The van der Waals surface area contributed by atoms with E-state index in [1.165, 1.54) is 25.7 Å². The molecule has 0 aromatic heterocycles. The van der Waals surface area contributed by atoms with E-state index in [-0.39, 0.29) is 0 Å². The van der Waals surface area contributed by atoms with Gasteiger partial charge in [-0.25, -0.2) is 0 Å². The predicted octanol–water partition coefficient (Wildman–Crippen LogP) is 0.977. The lowest BCUT2D eigenvalue weighted by Gasteiger charge is -2.42. The van der Waals surface area contributed by atoms with Crippen molar-refractivity contribution in [2.45, 2.75) is 50.2 Å². The van der Waals surface area contributed by atoms with Crippen molar-refractivity contribution >= 4 is 0 Å². The topological polar surface area (TPSA) is 58.7 Å². The molecular formula is C14H28N2O2. The molecule has 2 fully saturated rings. The second kappa shape index (κ2) is 6.33. The number of nitrogens with zero attached hydrogens (tertiary/aromatic N) is 1. The Morgan fingerprint density at radius 2 is 1.94 bits per heavy atom. The lowest BCUT2D eigenvalue weighted by atomic mass is 9.82. The molecule has 1 saturated heterocycles. The second-order valence-electron chi connectivity index (χ2n) is 6.10. The quantitative estimate of drug-likeness (QED) is 0.787. The van der Waals surface area contributed by atoms with Gasteiger partial charge in [-0.1, -0.05) is 12.8 Å². The summed E-state index contributed by atoms with van der Waals surface area (Å²) in [6.45, 7) is 2.92. The molecule has 2 unspecified atom stereocenters. The summed E-state index contributed by atoms with van der Waals surface area (Å²) in [5.74, 6) is 0.604. The monoisotopic (exact) mass is 256 g/mol. The van der Waals surface area contributed by atoms with E-state index in [1.807, 2.05) is 0 Å². The molecule has 1 saturated carbocycles. The summed E-state index contributed by atoms with van der Waals surface area (Å²) in [5, 5.41) is 10.6. The van der Waals surface area contributed by atoms with E-state index in [0.717, 1.165) is 25.9 Å². The molecule has 4 nitrogen and oxygen atoms in total. The number of hydrogen-bond donors (Lipinski definition) is 2. The van der Waals surface area contributed by atoms with Crippen molar-refractivity contribution in [3.05, 3.63) is 0 Å². The highest BCUT2D eigenvalue weighted by Gasteiger charge is 2.35. The largest absolute Gasteiger partial charge is 0.388 e. The van der Waals surface area contributed by atoms with Gasteiger partial charge in [0.25, 0.3) is 0 Å². The summed E-state index contributed by atoms with van der Waals surface area (Å²) < 4.78 is 5.34. The normalized spacial score (nSPS) is 32.7. The number of nitrogens with two attached hydrogens (primary N) is 1. The molecule has 2 rings (SSSR count). The van der Waals surface area contributed by atoms with E-state index >= 15 is 0 Å². The zero-order chi connectivity index (χ0) is 13.0. The van der Waals surface area contributed by atoms with Crippen molar-refractivity contribution in [2.75, 3.05) is 33.4 Å². The molecule has 0 radical (unpaired) electrons. The number of rotatable bonds is 4. The number of ether oxygens (including phenoxy) is 1. The first-order valence-electron chi connectivity index (χ1n) is 7.35. The van der Waals surface area contributed by atoms with Crippen LogP contribution in [0.1, 0.15) is 38.5 Å². The van der Waals surface area contributed by atoms with Gasteiger partial charge in [0.15, 0.2) is 0 Å². The van der Waals surface area contributed by atoms with E-state index < -0.39 is 5.60 Å². The lowest BCUT2D eigenvalue weighted by Crippen LogP contribution is -2.51. The first kappa shape index (κ1) is 14.3. The van der Waals surface area contributed by atoms with Crippen LogP contribution in [0.2, 0.25) is 0 Å². The van der Waals surface area contributed by atoms with E-state index in [2.05, 4.69) is 11.9 Å². The maximum absolute atomic E-state index is 10.6. The summed E-state index contributed by atoms with van der Waals surface area (Å²) in [6.07, 6.45) is 6.60. The number of likely N-dealkylation sites (N-methyl/N-ethyl adjacent to an activating group) is 1. The van der Waals surface area contributed by atoms with Crippen LogP contribution in [0.4, 0.5) is 0 Å². The van der Waals surface area contributed by atoms with Gasteiger partial charge in [-0.2, -0.15) is 0 Å². The van der Waals surface area contributed by atoms with Gasteiger partial charge in [0.05, 0.1) is 5.60 Å². The minimum absolute atomic E-state index is 0.551. The van der Waals surface area contributed by atoms with Crippen molar-refractivity contribution in [1.82, 2.24) is 4.90 Å². The zero-order valence-corrected chi connectivity index (χ0v) is 11.6. The molecule has 4 heteroatoms. The maximum atomic E-state index is 10.6. The Morgan fingerprint density at radius 3 is 2.61 bits per heavy atom. The van der Waals surface area contributed by atoms with Gasteiger partial charge in [-0.15, -0.1) is 0 Å². The Bertz CT molecular complexity index is 254. The second-order valence-corrected chi connectivity index (χ2v) is 6.10. The van der Waals surface area contributed by atoms with Crippen LogP contribution in [0.3, 0.4) is 0 Å². The maximum Gasteiger partial charge on any atom is 0.0817 e. The van der Waals surface area contributed by atoms with Gasteiger partial charge in [-0.05, 0) is 32.4 Å². The summed E-state index contributed by atoms with van der Waals surface area (Å²) in [6, 6.07) is 0.551. The molecule has 0 bridgehead atoms. The summed E-state index contributed by atoms with van der Waals surface area (Å²) >= 11 is 0. The molecule has 0 aromatic carbocycles. The van der Waals surface area contributed by atoms with Crippen LogP contribution in [0.5, 0.6) is 0 Å². The van der Waals surface area contributed by atoms with Crippen LogP contribution in [-0.4, -0.2) is 55.0 Å². The first-order valence-corrected chi connectivity index (χ1v) is 7.35. The van der Waals surface area contributed by atoms with Crippen LogP contribution in [-0.2, 0) is 4.74 Å². The first-order chi connectivity index (χ1) is 8.64. The molecular weight excluding hydrogens is 228 g/mol. The Balaban J connectivity index is 1.90. The van der Waals surface area contributed by atoms with Gasteiger partial charge in [0.2, 0.25) is 0 Å². The van der Waals surface area contributed by atoms with Crippen LogP contribution in [0.25, 0.3) is 0 Å². The standard InChI is InChI=1S/C14H28N2O2/c1-16(11-14(17)6-8-18-9-7-14)13-5-3-2-4-12(13)10-15/h12-13,17H,2-11,15H2,1H3. The Labute approximate surface area is 110 Å². The predicted molar refractivity (Wildman–Crippen MR) is 72.4 cm³/mol. The summed E-state index contributed by atoms with van der Waals surface area (Å²) in [4.78, 5) is 2.35. The molecule has 18 heavy (non-hydrogen) atoms. The highest BCUT2D eigenvalue weighted by atomic mass is 16.5. The van der Waals surface area contributed by atoms with Crippen LogP contribution < -0.4 is 5.73 Å². The highest BCUT2D eigenvalue weighted by Crippen LogP contribution is 2.29. The molecule has 1 heterocycles. The molecule has 1 aliphatic carbocycles. The lowest BCUT2D eigenvalue weighted by molar-refractivity contribution is -0.0856. The fraction of sp³-hybridized carbons (Fsp3) is 1.00. The molecule has 2 aliphatic rings. The average Bonchev–Trinajstić information content (AvgIpc) is 2.39. The molecule has 2 atom stereocenters. The highest BCUT2D eigenvalue weighted by molar-refractivity contribution is 4.89. The smallest absolute Gasteiger partial charge is 0.0817 e. The summed E-state index contributed by atoms with van der Waals surface area (Å²) in [5.41, 5.74) is 5.34. The minimum atomic E-state index is -0.552. The third kappa shape index (κ3) is 3.44. The van der Waals surface area contributed by atoms with Crippen molar-refractivity contribution in [3.8, 4) is 0 Å². The molecule has 106 valence electrons. The van der Waals surface area contributed by atoms with Crippen LogP contribution in [0, 0.1) is 5.92 Å². The van der Waals surface area contributed by atoms with E-state index in [9.17, 15) is 5.11 Å². The van der Waals surface area contributed by atoms with Gasteiger partial charge in [0.1, 0.15) is 0 Å². The SMILES string of the molecule is CN(CC1(O)CCOCC1)C1CCCCC1CN. The number of aliphatic hydroxyl groups is 1. The Kier molecular flexibility index (Phi) is 5.01. The Morgan fingerprint density at radius 1 is 1.28 bits per heavy atom. The van der Waals surface area contributed by atoms with Crippen LogP contribution in [0.15, 0.2) is 0 Å². The van der Waals surface area contributed by atoms with E-state index in [0.29, 0.717) is 25.2 Å². The zero-order valence-electron chi connectivity index (χ0n) is 11.6. The van der Waals surface area contributed by atoms with Crippen molar-refractivity contribution < 1.29 is 9.84 Å². The molecule has 0 amide bonds. The fourth-order valence-corrected chi connectivity index (χ4v) is 3.53. The molecule has 1 aliphatic heterocycles. The summed E-state index contributed by atoms with van der Waals surface area (Å²) in [7, 11) is 2.14. The van der Waals surface area contributed by atoms with Gasteiger partial charge >= 0.3 is 0 Å². The average molecular weight is 256 g/mol. The fourth-order valence-electron chi connectivity index (χ4n) is 3.53. The Hall–Kier alpha value is -0.160. The number of hydrogen-bond acceptors (Lipinski definition) is 4. The minimum Gasteiger partial charge on any atom is -0.388 e. The van der Waals surface area contributed by atoms with Gasteiger partial charge in [0, 0.05) is 38.6 Å². The van der Waals surface area contributed by atoms with E-state index in [4.69, 9.17) is 10.5 Å². The van der Waals surface area contributed by atoms with Gasteiger partial charge < -0.3 is 20.5 Å². The van der Waals surface area contributed by atoms with E-state index in [1.54, 1.807) is 0 Å². The van der Waals surface area contributed by atoms with Gasteiger partial charge in [-0.3, -0.25) is 0 Å². The van der Waals surface area contributed by atoms with Crippen molar-refractivity contribution in [3.63, 3.8) is 0 Å². The van der Waals surface area contributed by atoms with Crippen molar-refractivity contribution in [1.29, 1.82) is 0 Å². The van der Waals surface area contributed by atoms with Crippen LogP contribution >= 0.6 is 0 Å². The molecule has 3 N–H and O–H groups in total. The molecule has 0 aromatic rings. The third-order valence-corrected chi connectivity index (χ3v) is 4.71. The third-order valence-electron chi connectivity index (χ3n) is 4.71. The molecule has 0 spiro atoms.